The van der Waals surface area contributed by atoms with Gasteiger partial charge >= 0.3 is 0 Å². The van der Waals surface area contributed by atoms with Crippen LogP contribution in [0.2, 0.25) is 5.02 Å². The Bertz CT molecular complexity index is 577. The molecule has 1 heterocycles. The third-order valence-electron chi connectivity index (χ3n) is 3.21. The molecule has 1 aromatic heterocycles. The average Bonchev–Trinajstić information content (AvgIpc) is 2.87. The van der Waals surface area contributed by atoms with E-state index in [0.29, 0.717) is 11.4 Å². The summed E-state index contributed by atoms with van der Waals surface area (Å²) in [5, 5.41) is 7.54. The summed E-state index contributed by atoms with van der Waals surface area (Å²) in [5.41, 5.74) is 2.04. The maximum atomic E-state index is 12.3. The Morgan fingerprint density at radius 2 is 2.05 bits per heavy atom. The Balaban J connectivity index is 2.08. The fourth-order valence-corrected chi connectivity index (χ4v) is 2.17. The Morgan fingerprint density at radius 3 is 2.55 bits per heavy atom. The first kappa shape index (κ1) is 14.6. The van der Waals surface area contributed by atoms with Crippen molar-refractivity contribution in [1.29, 1.82) is 0 Å². The zero-order valence-corrected chi connectivity index (χ0v) is 12.4. The van der Waals surface area contributed by atoms with Crippen molar-refractivity contribution in [3.63, 3.8) is 0 Å². The van der Waals surface area contributed by atoms with Crippen LogP contribution in [0.1, 0.15) is 31.9 Å². The molecule has 0 bridgehead atoms. The van der Waals surface area contributed by atoms with E-state index in [0.717, 1.165) is 12.1 Å². The molecule has 4 nitrogen and oxygen atoms in total. The highest BCUT2D eigenvalue weighted by Gasteiger charge is 2.19. The van der Waals surface area contributed by atoms with Gasteiger partial charge in [-0.25, -0.2) is 0 Å². The zero-order valence-electron chi connectivity index (χ0n) is 11.6. The normalized spacial score (nSPS) is 12.2. The van der Waals surface area contributed by atoms with E-state index < -0.39 is 0 Å². The highest BCUT2D eigenvalue weighted by atomic mass is 35.5. The lowest BCUT2D eigenvalue weighted by Gasteiger charge is -2.15. The molecule has 2 aromatic rings. The fraction of sp³-hybridized carbons (Fsp3) is 0.333. The maximum absolute atomic E-state index is 12.3. The van der Waals surface area contributed by atoms with Gasteiger partial charge in [0.2, 0.25) is 5.91 Å². The molecule has 0 saturated heterocycles. The summed E-state index contributed by atoms with van der Waals surface area (Å²) in [6.07, 6.45) is 4.83. The number of nitrogens with one attached hydrogen (secondary N) is 1. The number of aryl methyl sites for hydroxylation is 1. The topological polar surface area (TPSA) is 46.9 Å². The Hall–Kier alpha value is -1.81. The minimum Gasteiger partial charge on any atom is -0.324 e. The van der Waals surface area contributed by atoms with Crippen LogP contribution in [0.25, 0.3) is 0 Å². The lowest BCUT2D eigenvalue weighted by molar-refractivity contribution is -0.119. The van der Waals surface area contributed by atoms with Gasteiger partial charge in [0, 0.05) is 11.9 Å². The molecule has 1 amide bonds. The molecular formula is C15H18ClN3O. The largest absolute Gasteiger partial charge is 0.324 e. The van der Waals surface area contributed by atoms with Gasteiger partial charge in [-0.1, -0.05) is 37.6 Å². The van der Waals surface area contributed by atoms with Crippen LogP contribution in [-0.2, 0) is 11.2 Å². The molecule has 0 aliphatic heterocycles. The van der Waals surface area contributed by atoms with Crippen molar-refractivity contribution in [3.05, 3.63) is 47.2 Å². The third-order valence-corrected chi connectivity index (χ3v) is 3.40. The molecule has 2 rings (SSSR count). The Kier molecular flexibility index (Phi) is 4.79. The first-order valence-corrected chi connectivity index (χ1v) is 7.11. The minimum absolute atomic E-state index is 0.0866. The standard InChI is InChI=1S/C15H18ClN3O/c1-3-11-5-7-13(8-6-11)18-15(20)14(4-2)19-10-12(16)9-17-19/h5-10,14H,3-4H2,1-2H3,(H,18,20)/t14-/m0/s1. The van der Waals surface area contributed by atoms with Crippen LogP contribution in [0.5, 0.6) is 0 Å². The van der Waals surface area contributed by atoms with E-state index in [9.17, 15) is 4.79 Å². The number of amides is 1. The molecule has 0 spiro atoms. The first-order valence-electron chi connectivity index (χ1n) is 6.73. The predicted molar refractivity (Wildman–Crippen MR) is 81.0 cm³/mol. The summed E-state index contributed by atoms with van der Waals surface area (Å²) in [6, 6.07) is 7.51. The number of nitrogens with zero attached hydrogens (tertiary/aromatic N) is 2. The second kappa shape index (κ2) is 6.57. The summed E-state index contributed by atoms with van der Waals surface area (Å²) in [6.45, 7) is 4.04. The van der Waals surface area contributed by atoms with Crippen molar-refractivity contribution in [2.75, 3.05) is 5.32 Å². The van der Waals surface area contributed by atoms with E-state index in [-0.39, 0.29) is 11.9 Å². The number of anilines is 1. The lowest BCUT2D eigenvalue weighted by Crippen LogP contribution is -2.25. The summed E-state index contributed by atoms with van der Waals surface area (Å²) < 4.78 is 1.60. The number of aromatic nitrogens is 2. The second-order valence-corrected chi connectivity index (χ2v) is 5.04. The number of carbonyl (C=O) groups is 1. The molecule has 106 valence electrons. The first-order chi connectivity index (χ1) is 9.63. The van der Waals surface area contributed by atoms with Crippen molar-refractivity contribution in [2.24, 2.45) is 0 Å². The SMILES string of the molecule is CCc1ccc(NC(=O)[C@H](CC)n2cc(Cl)cn2)cc1. The van der Waals surface area contributed by atoms with Gasteiger partial charge in [-0.2, -0.15) is 5.10 Å². The number of rotatable bonds is 5. The summed E-state index contributed by atoms with van der Waals surface area (Å²) in [5.74, 6) is -0.0866. The van der Waals surface area contributed by atoms with Gasteiger partial charge in [0.1, 0.15) is 6.04 Å². The highest BCUT2D eigenvalue weighted by molar-refractivity contribution is 6.30. The van der Waals surface area contributed by atoms with Gasteiger partial charge in [0.25, 0.3) is 0 Å². The number of hydrogen-bond acceptors (Lipinski definition) is 2. The third kappa shape index (κ3) is 3.39. The monoisotopic (exact) mass is 291 g/mol. The Labute approximate surface area is 123 Å². The molecule has 0 aliphatic carbocycles. The smallest absolute Gasteiger partial charge is 0.249 e. The summed E-state index contributed by atoms with van der Waals surface area (Å²) in [7, 11) is 0. The van der Waals surface area contributed by atoms with Crippen molar-refractivity contribution < 1.29 is 4.79 Å². The molecule has 0 fully saturated rings. The molecule has 0 saturated carbocycles. The zero-order chi connectivity index (χ0) is 14.5. The molecule has 5 heteroatoms. The van der Waals surface area contributed by atoms with Crippen molar-refractivity contribution in [2.45, 2.75) is 32.7 Å². The number of carbonyl (C=O) groups excluding carboxylic acids is 1. The second-order valence-electron chi connectivity index (χ2n) is 4.60. The summed E-state index contributed by atoms with van der Waals surface area (Å²) >= 11 is 5.84. The van der Waals surface area contributed by atoms with Crippen LogP contribution in [0.4, 0.5) is 5.69 Å². The molecule has 1 atom stereocenters. The highest BCUT2D eigenvalue weighted by Crippen LogP contribution is 2.17. The number of hydrogen-bond donors (Lipinski definition) is 1. The van der Waals surface area contributed by atoms with E-state index in [1.807, 2.05) is 31.2 Å². The molecule has 0 unspecified atom stereocenters. The van der Waals surface area contributed by atoms with Crippen LogP contribution in [0.3, 0.4) is 0 Å². The average molecular weight is 292 g/mol. The minimum atomic E-state index is -0.353. The summed E-state index contributed by atoms with van der Waals surface area (Å²) in [4.78, 5) is 12.3. The van der Waals surface area contributed by atoms with E-state index >= 15 is 0 Å². The van der Waals surface area contributed by atoms with Crippen LogP contribution >= 0.6 is 11.6 Å². The molecule has 20 heavy (non-hydrogen) atoms. The van der Waals surface area contributed by atoms with Gasteiger partial charge in [0.05, 0.1) is 11.2 Å². The van der Waals surface area contributed by atoms with Crippen LogP contribution in [0.15, 0.2) is 36.7 Å². The van der Waals surface area contributed by atoms with E-state index in [1.165, 1.54) is 11.8 Å². The van der Waals surface area contributed by atoms with E-state index in [4.69, 9.17) is 11.6 Å². The molecule has 1 N–H and O–H groups in total. The van der Waals surface area contributed by atoms with Crippen LogP contribution in [-0.4, -0.2) is 15.7 Å². The molecule has 0 aliphatic rings. The quantitative estimate of drug-likeness (QED) is 0.913. The van der Waals surface area contributed by atoms with Gasteiger partial charge in [-0.15, -0.1) is 0 Å². The number of halogens is 1. The van der Waals surface area contributed by atoms with E-state index in [1.54, 1.807) is 10.9 Å². The van der Waals surface area contributed by atoms with Gasteiger partial charge in [-0.05, 0) is 30.5 Å². The fourth-order valence-electron chi connectivity index (χ4n) is 2.03. The van der Waals surface area contributed by atoms with E-state index in [2.05, 4.69) is 17.3 Å². The van der Waals surface area contributed by atoms with Crippen LogP contribution in [0, 0.1) is 0 Å². The van der Waals surface area contributed by atoms with Crippen molar-refractivity contribution in [3.8, 4) is 0 Å². The Morgan fingerprint density at radius 1 is 1.35 bits per heavy atom. The van der Waals surface area contributed by atoms with Gasteiger partial charge < -0.3 is 5.32 Å². The molecular weight excluding hydrogens is 274 g/mol. The molecule has 0 radical (unpaired) electrons. The maximum Gasteiger partial charge on any atom is 0.249 e. The van der Waals surface area contributed by atoms with Crippen LogP contribution < -0.4 is 5.32 Å². The number of benzene rings is 1. The molecule has 1 aromatic carbocycles. The van der Waals surface area contributed by atoms with Crippen molar-refractivity contribution >= 4 is 23.2 Å². The van der Waals surface area contributed by atoms with Crippen molar-refractivity contribution in [1.82, 2.24) is 9.78 Å². The lowest BCUT2D eigenvalue weighted by atomic mass is 10.1. The van der Waals surface area contributed by atoms with Gasteiger partial charge in [0.15, 0.2) is 0 Å². The van der Waals surface area contributed by atoms with Gasteiger partial charge in [-0.3, -0.25) is 9.48 Å². The predicted octanol–water partition coefficient (Wildman–Crippen LogP) is 3.69.